The number of rotatable bonds is 4. The Morgan fingerprint density at radius 1 is 1.07 bits per heavy atom. The molecule has 0 radical (unpaired) electrons. The number of carbonyl (C=O) groups excluding carboxylic acids is 2. The van der Waals surface area contributed by atoms with Gasteiger partial charge in [-0.1, -0.05) is 11.6 Å². The lowest BCUT2D eigenvalue weighted by atomic mass is 9.83. The van der Waals surface area contributed by atoms with E-state index < -0.39 is 11.9 Å². The highest BCUT2D eigenvalue weighted by molar-refractivity contribution is 6.30. The van der Waals surface area contributed by atoms with Crippen LogP contribution in [0.1, 0.15) is 17.9 Å². The van der Waals surface area contributed by atoms with Gasteiger partial charge in [-0.25, -0.2) is 4.79 Å². The summed E-state index contributed by atoms with van der Waals surface area (Å²) in [5.74, 6) is 0.193. The summed E-state index contributed by atoms with van der Waals surface area (Å²) in [7, 11) is 3.12. The molecular weight excluding hydrogens is 382 g/mol. The van der Waals surface area contributed by atoms with Crippen LogP contribution in [0.15, 0.2) is 53.7 Å². The molecule has 0 aliphatic carbocycles. The zero-order valence-electron chi connectivity index (χ0n) is 15.4. The second-order valence-corrected chi connectivity index (χ2v) is 6.94. The van der Waals surface area contributed by atoms with Crippen molar-refractivity contribution in [2.45, 2.75) is 12.3 Å². The van der Waals surface area contributed by atoms with Crippen molar-refractivity contribution in [3.05, 3.63) is 64.3 Å². The lowest BCUT2D eigenvalue weighted by Gasteiger charge is -2.32. The maximum atomic E-state index is 13.1. The molecule has 2 aromatic carbocycles. The highest BCUT2D eigenvalue weighted by Gasteiger charge is 2.43. The number of amides is 1. The van der Waals surface area contributed by atoms with Crippen LogP contribution in [0.25, 0.3) is 0 Å². The first kappa shape index (κ1) is 18.4. The Balaban J connectivity index is 1.85. The summed E-state index contributed by atoms with van der Waals surface area (Å²) in [4.78, 5) is 27.2. The van der Waals surface area contributed by atoms with Crippen LogP contribution in [0, 0.1) is 0 Å². The van der Waals surface area contributed by atoms with Gasteiger partial charge < -0.3 is 14.2 Å². The number of hydrogen-bond acceptors (Lipinski definition) is 5. The first-order valence-electron chi connectivity index (χ1n) is 8.74. The zero-order valence-corrected chi connectivity index (χ0v) is 16.2. The molecule has 6 nitrogen and oxygen atoms in total. The van der Waals surface area contributed by atoms with Gasteiger partial charge in [0.2, 0.25) is 5.91 Å². The van der Waals surface area contributed by atoms with Crippen molar-refractivity contribution in [3.8, 4) is 11.5 Å². The first-order valence-corrected chi connectivity index (χ1v) is 9.12. The highest BCUT2D eigenvalue weighted by Crippen LogP contribution is 2.45. The fourth-order valence-electron chi connectivity index (χ4n) is 3.72. The van der Waals surface area contributed by atoms with Crippen molar-refractivity contribution in [3.63, 3.8) is 0 Å². The molecule has 0 fully saturated rings. The number of hydrogen-bond donors (Lipinski definition) is 0. The van der Waals surface area contributed by atoms with Gasteiger partial charge in [-0.3, -0.25) is 9.69 Å². The summed E-state index contributed by atoms with van der Waals surface area (Å²) in [6.45, 7) is 0.0469. The van der Waals surface area contributed by atoms with Gasteiger partial charge in [-0.15, -0.1) is 0 Å². The minimum atomic E-state index is -0.467. The van der Waals surface area contributed by atoms with Crippen LogP contribution in [0.3, 0.4) is 0 Å². The smallest absolute Gasteiger partial charge is 0.336 e. The third-order valence-corrected chi connectivity index (χ3v) is 5.27. The normalized spacial score (nSPS) is 18.8. The van der Waals surface area contributed by atoms with Gasteiger partial charge in [0.1, 0.15) is 18.1 Å². The topological polar surface area (TPSA) is 65.1 Å². The van der Waals surface area contributed by atoms with Crippen LogP contribution in [0.2, 0.25) is 5.02 Å². The summed E-state index contributed by atoms with van der Waals surface area (Å²) in [5.41, 5.74) is 2.40. The summed E-state index contributed by atoms with van der Waals surface area (Å²) in [6, 6.07) is 12.3. The number of benzene rings is 2. The Kier molecular flexibility index (Phi) is 4.73. The van der Waals surface area contributed by atoms with Crippen molar-refractivity contribution in [2.24, 2.45) is 0 Å². The van der Waals surface area contributed by atoms with Crippen molar-refractivity contribution >= 4 is 29.2 Å². The van der Waals surface area contributed by atoms with E-state index in [1.54, 1.807) is 61.6 Å². The average Bonchev–Trinajstić information content (AvgIpc) is 3.09. The molecule has 2 aliphatic rings. The van der Waals surface area contributed by atoms with Crippen LogP contribution in [0.4, 0.5) is 5.69 Å². The second-order valence-electron chi connectivity index (χ2n) is 6.51. The fourth-order valence-corrected chi connectivity index (χ4v) is 3.85. The molecule has 7 heteroatoms. The maximum absolute atomic E-state index is 13.1. The van der Waals surface area contributed by atoms with Gasteiger partial charge in [0.15, 0.2) is 0 Å². The number of esters is 1. The Morgan fingerprint density at radius 2 is 1.82 bits per heavy atom. The molecule has 0 spiro atoms. The Bertz CT molecular complexity index is 983. The van der Waals surface area contributed by atoms with Crippen molar-refractivity contribution in [1.82, 2.24) is 0 Å². The van der Waals surface area contributed by atoms with E-state index in [4.69, 9.17) is 25.8 Å². The van der Waals surface area contributed by atoms with E-state index in [1.807, 2.05) is 0 Å². The summed E-state index contributed by atoms with van der Waals surface area (Å²) >= 11 is 5.97. The molecule has 0 saturated heterocycles. The lowest BCUT2D eigenvalue weighted by molar-refractivity contribution is -0.136. The maximum Gasteiger partial charge on any atom is 0.336 e. The number of anilines is 1. The molecule has 2 heterocycles. The Hall–Kier alpha value is -2.99. The van der Waals surface area contributed by atoms with Gasteiger partial charge in [0, 0.05) is 28.6 Å². The Morgan fingerprint density at radius 3 is 2.50 bits per heavy atom. The predicted octanol–water partition coefficient (Wildman–Crippen LogP) is 3.69. The molecule has 0 N–H and O–H groups in total. The fraction of sp³-hybridized carbons (Fsp3) is 0.238. The number of cyclic esters (lactones) is 1. The Labute approximate surface area is 167 Å². The van der Waals surface area contributed by atoms with Gasteiger partial charge in [0.25, 0.3) is 0 Å². The minimum absolute atomic E-state index is 0.0469. The minimum Gasteiger partial charge on any atom is -0.497 e. The summed E-state index contributed by atoms with van der Waals surface area (Å²) in [5, 5.41) is 0.570. The van der Waals surface area contributed by atoms with E-state index in [-0.39, 0.29) is 18.9 Å². The lowest BCUT2D eigenvalue weighted by Crippen LogP contribution is -2.37. The average molecular weight is 400 g/mol. The predicted molar refractivity (Wildman–Crippen MR) is 104 cm³/mol. The first-order chi connectivity index (χ1) is 13.5. The van der Waals surface area contributed by atoms with Crippen LogP contribution >= 0.6 is 11.6 Å². The van der Waals surface area contributed by atoms with Crippen LogP contribution in [-0.2, 0) is 14.3 Å². The second kappa shape index (κ2) is 7.20. The van der Waals surface area contributed by atoms with Gasteiger partial charge in [-0.05, 0) is 42.5 Å². The number of carbonyl (C=O) groups is 2. The van der Waals surface area contributed by atoms with Crippen molar-refractivity contribution in [1.29, 1.82) is 0 Å². The number of methoxy groups -OCH3 is 2. The quantitative estimate of drug-likeness (QED) is 0.733. The third kappa shape index (κ3) is 2.99. The summed E-state index contributed by atoms with van der Waals surface area (Å²) < 4.78 is 16.1. The molecule has 2 aliphatic heterocycles. The number of ether oxygens (including phenoxy) is 3. The summed E-state index contributed by atoms with van der Waals surface area (Å²) in [6.07, 6.45) is 0.111. The van der Waals surface area contributed by atoms with Gasteiger partial charge in [0.05, 0.1) is 25.5 Å². The molecule has 0 unspecified atom stereocenters. The molecule has 4 rings (SSSR count). The van der Waals surface area contributed by atoms with Gasteiger partial charge >= 0.3 is 5.97 Å². The number of halogens is 1. The highest BCUT2D eigenvalue weighted by atomic mass is 35.5. The third-order valence-electron chi connectivity index (χ3n) is 5.01. The molecule has 0 aromatic heterocycles. The largest absolute Gasteiger partial charge is 0.497 e. The van der Waals surface area contributed by atoms with E-state index in [0.717, 1.165) is 5.56 Å². The molecular formula is C21H18ClNO5. The van der Waals surface area contributed by atoms with E-state index >= 15 is 0 Å². The molecule has 0 saturated carbocycles. The van der Waals surface area contributed by atoms with E-state index in [1.165, 1.54) is 0 Å². The van der Waals surface area contributed by atoms with E-state index in [9.17, 15) is 9.59 Å². The molecule has 28 heavy (non-hydrogen) atoms. The van der Waals surface area contributed by atoms with Gasteiger partial charge in [-0.2, -0.15) is 0 Å². The molecule has 1 atom stereocenters. The molecule has 1 amide bonds. The zero-order chi connectivity index (χ0) is 19.8. The molecule has 0 bridgehead atoms. The SMILES string of the molecule is COc1ccc(OC)c([C@@H]2CC(=O)N(c3ccc(Cl)cc3)C3=C2C(=O)OC3)c1. The number of nitrogens with zero attached hydrogens (tertiary/aromatic N) is 1. The van der Waals surface area contributed by atoms with E-state index in [0.29, 0.717) is 33.5 Å². The molecule has 144 valence electrons. The van der Waals surface area contributed by atoms with E-state index in [2.05, 4.69) is 0 Å². The molecule has 2 aromatic rings. The monoisotopic (exact) mass is 399 g/mol. The van der Waals surface area contributed by atoms with Crippen molar-refractivity contribution < 1.29 is 23.8 Å². The van der Waals surface area contributed by atoms with Crippen LogP contribution in [0.5, 0.6) is 11.5 Å². The van der Waals surface area contributed by atoms with Crippen LogP contribution < -0.4 is 14.4 Å². The standard InChI is InChI=1S/C21H18ClNO5/c1-26-14-7-8-18(27-2)15(9-14)16-10-19(24)23(13-5-3-12(22)4-6-13)17-11-28-21(25)20(16)17/h3-9,16H,10-11H2,1-2H3/t16-/m0/s1. The van der Waals surface area contributed by atoms with Crippen LogP contribution in [-0.4, -0.2) is 32.7 Å². The van der Waals surface area contributed by atoms with Crippen molar-refractivity contribution in [2.75, 3.05) is 25.7 Å².